The molecule has 12 N–H and O–H groups in total. The minimum Gasteiger partial charge on any atom is -0.480 e. The zero-order chi connectivity index (χ0) is 26.3. The van der Waals surface area contributed by atoms with Crippen LogP contribution in [0.1, 0.15) is 39.0 Å². The molecule has 194 valence electrons. The minimum absolute atomic E-state index is 0.0625. The fourth-order valence-corrected chi connectivity index (χ4v) is 3.13. The maximum absolute atomic E-state index is 12.7. The highest BCUT2D eigenvalue weighted by Crippen LogP contribution is 2.04. The molecule has 34 heavy (non-hydrogen) atoms. The van der Waals surface area contributed by atoms with Crippen molar-refractivity contribution in [2.24, 2.45) is 27.9 Å². The molecule has 0 aliphatic carbocycles. The third-order valence-electron chi connectivity index (χ3n) is 4.59. The Morgan fingerprint density at radius 2 is 1.53 bits per heavy atom. The third kappa shape index (κ3) is 13.5. The first-order valence-electron chi connectivity index (χ1n) is 10.6. The number of carbonyl (C=O) groups is 5. The van der Waals surface area contributed by atoms with E-state index in [9.17, 15) is 29.1 Å². The van der Waals surface area contributed by atoms with Gasteiger partial charge in [0.1, 0.15) is 18.1 Å². The van der Waals surface area contributed by atoms with Crippen LogP contribution in [-0.2, 0) is 24.0 Å². The van der Waals surface area contributed by atoms with Gasteiger partial charge in [-0.2, -0.15) is 11.8 Å². The summed E-state index contributed by atoms with van der Waals surface area (Å²) < 4.78 is 0. The Morgan fingerprint density at radius 1 is 0.912 bits per heavy atom. The molecule has 4 unspecified atom stereocenters. The van der Waals surface area contributed by atoms with E-state index >= 15 is 0 Å². The average molecular weight is 505 g/mol. The van der Waals surface area contributed by atoms with Crippen molar-refractivity contribution in [3.63, 3.8) is 0 Å². The van der Waals surface area contributed by atoms with Gasteiger partial charge in [0.25, 0.3) is 0 Å². The normalized spacial score (nSPS) is 14.1. The second kappa shape index (κ2) is 16.5. The molecule has 14 nitrogen and oxygen atoms in total. The van der Waals surface area contributed by atoms with Crippen molar-refractivity contribution >= 4 is 47.3 Å². The fourth-order valence-electron chi connectivity index (χ4n) is 2.65. The molecule has 4 atom stereocenters. The van der Waals surface area contributed by atoms with Crippen LogP contribution in [0.3, 0.4) is 0 Å². The Labute approximate surface area is 202 Å². The molecule has 0 saturated heterocycles. The molecule has 15 heteroatoms. The van der Waals surface area contributed by atoms with Crippen LogP contribution in [0.2, 0.25) is 0 Å². The average Bonchev–Trinajstić information content (AvgIpc) is 2.75. The number of aliphatic imine (C=N–C) groups is 1. The van der Waals surface area contributed by atoms with Crippen molar-refractivity contribution in [2.45, 2.75) is 63.2 Å². The molecule has 0 aromatic heterocycles. The number of guanidine groups is 1. The predicted molar refractivity (Wildman–Crippen MR) is 128 cm³/mol. The maximum atomic E-state index is 12.7. The van der Waals surface area contributed by atoms with Crippen LogP contribution >= 0.6 is 11.8 Å². The second-order valence-electron chi connectivity index (χ2n) is 7.53. The van der Waals surface area contributed by atoms with Crippen LogP contribution in [0.25, 0.3) is 0 Å². The Kier molecular flexibility index (Phi) is 15.0. The Morgan fingerprint density at radius 3 is 2.06 bits per heavy atom. The lowest BCUT2D eigenvalue weighted by molar-refractivity contribution is -0.142. The van der Waals surface area contributed by atoms with Gasteiger partial charge in [-0.1, -0.05) is 0 Å². The molecule has 0 rings (SSSR count). The lowest BCUT2D eigenvalue weighted by Crippen LogP contribution is -2.56. The molecule has 0 fully saturated rings. The quantitative estimate of drug-likeness (QED) is 0.0563. The van der Waals surface area contributed by atoms with E-state index in [1.54, 1.807) is 0 Å². The van der Waals surface area contributed by atoms with Gasteiger partial charge in [-0.05, 0) is 44.6 Å². The van der Waals surface area contributed by atoms with Gasteiger partial charge < -0.3 is 44.0 Å². The number of rotatable bonds is 17. The number of nitrogens with zero attached hydrogens (tertiary/aromatic N) is 1. The summed E-state index contributed by atoms with van der Waals surface area (Å²) in [5.41, 5.74) is 21.4. The van der Waals surface area contributed by atoms with Crippen LogP contribution in [0.4, 0.5) is 0 Å². The Hall–Kier alpha value is -3.07. The van der Waals surface area contributed by atoms with E-state index < -0.39 is 53.8 Å². The number of nitrogens with two attached hydrogens (primary N) is 4. The molecule has 0 radical (unpaired) electrons. The lowest BCUT2D eigenvalue weighted by Gasteiger charge is -2.23. The van der Waals surface area contributed by atoms with Crippen LogP contribution in [0.15, 0.2) is 4.99 Å². The second-order valence-corrected chi connectivity index (χ2v) is 8.52. The van der Waals surface area contributed by atoms with E-state index in [1.807, 2.05) is 6.26 Å². The van der Waals surface area contributed by atoms with Crippen LogP contribution in [-0.4, -0.2) is 83.4 Å². The van der Waals surface area contributed by atoms with Gasteiger partial charge in [-0.3, -0.25) is 24.2 Å². The summed E-state index contributed by atoms with van der Waals surface area (Å²) in [5, 5.41) is 16.5. The van der Waals surface area contributed by atoms with E-state index in [0.717, 1.165) is 0 Å². The standard InChI is InChI=1S/C19H36N8O6S/c1-10(15(29)27-13(18(32)33)5-6-14(21)28)25-17(31)12(7-9-34-2)26-16(30)11(20)4-3-8-24-19(22)23/h10-13H,3-9,20H2,1-2H3,(H2,21,28)(H,25,31)(H,26,30)(H,27,29)(H,32,33)(H4,22,23,24). The Balaban J connectivity index is 4.97. The van der Waals surface area contributed by atoms with E-state index in [4.69, 9.17) is 22.9 Å². The number of hydrogen-bond donors (Lipinski definition) is 8. The minimum atomic E-state index is -1.34. The summed E-state index contributed by atoms with van der Waals surface area (Å²) in [4.78, 5) is 63.5. The highest BCUT2D eigenvalue weighted by molar-refractivity contribution is 7.98. The van der Waals surface area contributed by atoms with Gasteiger partial charge in [-0.25, -0.2) is 4.79 Å². The number of carboxylic acids is 1. The summed E-state index contributed by atoms with van der Waals surface area (Å²) in [6.45, 7) is 1.67. The number of nitrogens with one attached hydrogen (secondary N) is 3. The molecule has 0 saturated carbocycles. The molecule has 0 aromatic rings. The summed E-state index contributed by atoms with van der Waals surface area (Å²) in [6.07, 6.45) is 2.45. The number of hydrogen-bond acceptors (Lipinski definition) is 8. The van der Waals surface area contributed by atoms with Crippen LogP contribution in [0, 0.1) is 0 Å². The fraction of sp³-hybridized carbons (Fsp3) is 0.684. The van der Waals surface area contributed by atoms with Crippen molar-refractivity contribution < 1.29 is 29.1 Å². The molecule has 0 bridgehead atoms. The van der Waals surface area contributed by atoms with Gasteiger partial charge in [-0.15, -0.1) is 0 Å². The van der Waals surface area contributed by atoms with Crippen molar-refractivity contribution in [3.05, 3.63) is 0 Å². The van der Waals surface area contributed by atoms with Gasteiger partial charge in [0.15, 0.2) is 5.96 Å². The third-order valence-corrected chi connectivity index (χ3v) is 5.24. The number of carbonyl (C=O) groups excluding carboxylic acids is 4. The Bertz CT molecular complexity index is 746. The van der Waals surface area contributed by atoms with E-state index in [-0.39, 0.29) is 25.2 Å². The van der Waals surface area contributed by atoms with Crippen molar-refractivity contribution in [3.8, 4) is 0 Å². The molecular weight excluding hydrogens is 468 g/mol. The predicted octanol–water partition coefficient (Wildman–Crippen LogP) is -3.06. The zero-order valence-electron chi connectivity index (χ0n) is 19.4. The van der Waals surface area contributed by atoms with Gasteiger partial charge in [0.2, 0.25) is 23.6 Å². The topological polar surface area (TPSA) is 258 Å². The van der Waals surface area contributed by atoms with Crippen molar-refractivity contribution in [1.29, 1.82) is 0 Å². The van der Waals surface area contributed by atoms with Gasteiger partial charge in [0, 0.05) is 13.0 Å². The number of primary amides is 1. The summed E-state index contributed by atoms with van der Waals surface area (Å²) in [7, 11) is 0. The molecule has 0 heterocycles. The largest absolute Gasteiger partial charge is 0.480 e. The highest BCUT2D eigenvalue weighted by Gasteiger charge is 2.28. The molecule has 0 aliphatic rings. The van der Waals surface area contributed by atoms with Gasteiger partial charge >= 0.3 is 5.97 Å². The number of carboxylic acid groups (broad SMARTS) is 1. The first-order valence-corrected chi connectivity index (χ1v) is 12.0. The first-order chi connectivity index (χ1) is 15.9. The zero-order valence-corrected chi connectivity index (χ0v) is 20.2. The van der Waals surface area contributed by atoms with Crippen molar-refractivity contribution in [2.75, 3.05) is 18.6 Å². The maximum Gasteiger partial charge on any atom is 0.326 e. The summed E-state index contributed by atoms with van der Waals surface area (Å²) in [6, 6.07) is -4.29. The van der Waals surface area contributed by atoms with Crippen LogP contribution in [0.5, 0.6) is 0 Å². The van der Waals surface area contributed by atoms with Crippen LogP contribution < -0.4 is 38.9 Å². The van der Waals surface area contributed by atoms with E-state index in [2.05, 4.69) is 20.9 Å². The molecular formula is C19H36N8O6S. The summed E-state index contributed by atoms with van der Waals surface area (Å²) in [5.74, 6) is -3.49. The van der Waals surface area contributed by atoms with E-state index in [0.29, 0.717) is 25.1 Å². The molecule has 0 spiro atoms. The number of thioether (sulfide) groups is 1. The SMILES string of the molecule is CSCCC(NC(=O)C(N)CCCN=C(N)N)C(=O)NC(C)C(=O)NC(CCC(N)=O)C(=O)O. The molecule has 0 aromatic carbocycles. The summed E-state index contributed by atoms with van der Waals surface area (Å²) >= 11 is 1.46. The number of amides is 4. The smallest absolute Gasteiger partial charge is 0.326 e. The van der Waals surface area contributed by atoms with E-state index in [1.165, 1.54) is 18.7 Å². The lowest BCUT2D eigenvalue weighted by atomic mass is 10.1. The monoisotopic (exact) mass is 504 g/mol. The van der Waals surface area contributed by atoms with Crippen molar-refractivity contribution in [1.82, 2.24) is 16.0 Å². The first kappa shape index (κ1) is 30.9. The molecule has 0 aliphatic heterocycles. The highest BCUT2D eigenvalue weighted by atomic mass is 32.2. The molecule has 4 amide bonds. The van der Waals surface area contributed by atoms with Gasteiger partial charge in [0.05, 0.1) is 6.04 Å². The number of aliphatic carboxylic acids is 1.